The number of ether oxygens (including phenoxy) is 3. The van der Waals surface area contributed by atoms with Gasteiger partial charge in [0, 0.05) is 10.9 Å². The Kier molecular flexibility index (Phi) is 8.19. The molecule has 0 aliphatic carbocycles. The number of thioether (sulfide) groups is 1. The first-order chi connectivity index (χ1) is 17.4. The largest absolute Gasteiger partial charge is 0.497 e. The highest BCUT2D eigenvalue weighted by atomic mass is 35.5. The third kappa shape index (κ3) is 5.67. The number of nitrogens with zero attached hydrogens (tertiary/aromatic N) is 2. The maximum absolute atomic E-state index is 13.3. The summed E-state index contributed by atoms with van der Waals surface area (Å²) in [6.45, 7) is 0. The summed E-state index contributed by atoms with van der Waals surface area (Å²) in [5.41, 5.74) is 1.29. The number of hydrogen-bond acceptors (Lipinski definition) is 8. The van der Waals surface area contributed by atoms with Gasteiger partial charge in [0.2, 0.25) is 5.91 Å². The van der Waals surface area contributed by atoms with E-state index < -0.39 is 0 Å². The summed E-state index contributed by atoms with van der Waals surface area (Å²) in [6, 6.07) is 13.9. The molecule has 0 spiro atoms. The van der Waals surface area contributed by atoms with Crippen LogP contribution in [0.3, 0.4) is 0 Å². The topological polar surface area (TPSA) is 89.5 Å². The number of thiophene rings is 1. The van der Waals surface area contributed by atoms with Crippen molar-refractivity contribution in [2.24, 2.45) is 4.99 Å². The fourth-order valence-electron chi connectivity index (χ4n) is 3.34. The van der Waals surface area contributed by atoms with Crippen LogP contribution in [0.1, 0.15) is 4.88 Å². The van der Waals surface area contributed by atoms with Crippen molar-refractivity contribution in [1.82, 2.24) is 0 Å². The Hall–Kier alpha value is -3.47. The number of aliphatic imine (C=N–C) groups is 1. The monoisotopic (exact) mass is 543 g/mol. The number of nitrogens with one attached hydrogen (secondary N) is 1. The molecule has 36 heavy (non-hydrogen) atoms. The van der Waals surface area contributed by atoms with E-state index >= 15 is 0 Å². The Morgan fingerprint density at radius 3 is 2.58 bits per heavy atom. The number of carbonyl (C=O) groups is 2. The van der Waals surface area contributed by atoms with E-state index in [0.29, 0.717) is 38.8 Å². The SMILES string of the molecule is COc1ccc(NC(=O)CSC2=N/C(=C\c3cccs3)C(=O)N2c2ccc(OC)c(Cl)c2)c(OC)c1. The van der Waals surface area contributed by atoms with Crippen molar-refractivity contribution in [3.8, 4) is 17.2 Å². The Labute approximate surface area is 221 Å². The molecular weight excluding hydrogens is 522 g/mol. The van der Waals surface area contributed by atoms with Gasteiger partial charge in [-0.05, 0) is 47.9 Å². The molecule has 8 nitrogen and oxygen atoms in total. The molecule has 0 atom stereocenters. The van der Waals surface area contributed by atoms with Crippen LogP contribution in [0.4, 0.5) is 11.4 Å². The maximum atomic E-state index is 13.3. The van der Waals surface area contributed by atoms with Gasteiger partial charge in [-0.2, -0.15) is 0 Å². The third-order valence-corrected chi connectivity index (χ3v) is 7.11. The lowest BCUT2D eigenvalue weighted by Crippen LogP contribution is -2.31. The molecule has 1 aliphatic heterocycles. The van der Waals surface area contributed by atoms with Crippen LogP contribution in [-0.4, -0.2) is 44.1 Å². The molecule has 186 valence electrons. The van der Waals surface area contributed by atoms with Crippen LogP contribution in [0.25, 0.3) is 6.08 Å². The van der Waals surface area contributed by atoms with Gasteiger partial charge in [0.15, 0.2) is 5.17 Å². The fourth-order valence-corrected chi connectivity index (χ4v) is 5.06. The van der Waals surface area contributed by atoms with Crippen molar-refractivity contribution in [2.45, 2.75) is 0 Å². The lowest BCUT2D eigenvalue weighted by atomic mass is 10.2. The van der Waals surface area contributed by atoms with Gasteiger partial charge in [-0.1, -0.05) is 29.4 Å². The summed E-state index contributed by atoms with van der Waals surface area (Å²) in [4.78, 5) is 33.0. The van der Waals surface area contributed by atoms with E-state index in [-0.39, 0.29) is 23.3 Å². The summed E-state index contributed by atoms with van der Waals surface area (Å²) >= 11 is 8.95. The predicted molar refractivity (Wildman–Crippen MR) is 146 cm³/mol. The molecule has 1 N–H and O–H groups in total. The van der Waals surface area contributed by atoms with Gasteiger partial charge in [-0.15, -0.1) is 11.3 Å². The van der Waals surface area contributed by atoms with E-state index in [0.717, 1.165) is 16.6 Å². The van der Waals surface area contributed by atoms with Gasteiger partial charge in [-0.3, -0.25) is 14.5 Å². The lowest BCUT2D eigenvalue weighted by molar-refractivity contribution is -0.114. The molecule has 0 bridgehead atoms. The molecule has 0 radical (unpaired) electrons. The second-order valence-electron chi connectivity index (χ2n) is 7.30. The first-order valence-electron chi connectivity index (χ1n) is 10.6. The summed E-state index contributed by atoms with van der Waals surface area (Å²) in [6.07, 6.45) is 1.72. The molecule has 4 rings (SSSR count). The van der Waals surface area contributed by atoms with Gasteiger partial charge in [-0.25, -0.2) is 4.99 Å². The summed E-state index contributed by atoms with van der Waals surface area (Å²) in [5, 5.41) is 5.46. The minimum absolute atomic E-state index is 0.00790. The molecule has 0 unspecified atom stereocenters. The average molecular weight is 544 g/mol. The van der Waals surface area contributed by atoms with E-state index in [1.807, 2.05) is 17.5 Å². The highest BCUT2D eigenvalue weighted by Crippen LogP contribution is 2.35. The lowest BCUT2D eigenvalue weighted by Gasteiger charge is -2.19. The van der Waals surface area contributed by atoms with Gasteiger partial charge in [0.25, 0.3) is 5.91 Å². The smallest absolute Gasteiger partial charge is 0.283 e. The number of benzene rings is 2. The predicted octanol–water partition coefficient (Wildman–Crippen LogP) is 5.54. The third-order valence-electron chi connectivity index (χ3n) is 5.06. The minimum Gasteiger partial charge on any atom is -0.497 e. The minimum atomic E-state index is -0.315. The number of methoxy groups -OCH3 is 3. The van der Waals surface area contributed by atoms with Crippen LogP contribution in [0.15, 0.2) is 64.6 Å². The van der Waals surface area contributed by atoms with Crippen LogP contribution < -0.4 is 24.4 Å². The van der Waals surface area contributed by atoms with E-state index in [2.05, 4.69) is 10.3 Å². The standard InChI is InChI=1S/C25H22ClN3O5S2/c1-32-16-7-8-19(22(12-16)34-3)27-23(30)14-36-25-28-20(13-17-5-4-10-35-17)24(31)29(25)15-6-9-21(33-2)18(26)11-15/h4-13H,14H2,1-3H3,(H,27,30)/b20-13-. The molecule has 11 heteroatoms. The van der Waals surface area contributed by atoms with Crippen LogP contribution >= 0.6 is 34.7 Å². The molecule has 2 aromatic carbocycles. The summed E-state index contributed by atoms with van der Waals surface area (Å²) in [5.74, 6) is 0.967. The van der Waals surface area contributed by atoms with Gasteiger partial charge in [0.05, 0.1) is 43.5 Å². The van der Waals surface area contributed by atoms with E-state index in [1.165, 1.54) is 30.5 Å². The zero-order valence-corrected chi connectivity index (χ0v) is 22.0. The normalized spacial score (nSPS) is 14.1. The number of carbonyl (C=O) groups excluding carboxylic acids is 2. The molecule has 2 heterocycles. The van der Waals surface area contributed by atoms with E-state index in [9.17, 15) is 9.59 Å². The van der Waals surface area contributed by atoms with Crippen molar-refractivity contribution in [1.29, 1.82) is 0 Å². The molecular formula is C25H22ClN3O5S2. The highest BCUT2D eigenvalue weighted by molar-refractivity contribution is 8.14. The van der Waals surface area contributed by atoms with Crippen molar-refractivity contribution in [2.75, 3.05) is 37.3 Å². The first kappa shape index (κ1) is 25.6. The molecule has 0 saturated heterocycles. The van der Waals surface area contributed by atoms with Crippen molar-refractivity contribution in [3.63, 3.8) is 0 Å². The summed E-state index contributed by atoms with van der Waals surface area (Å²) < 4.78 is 15.8. The van der Waals surface area contributed by atoms with Gasteiger partial charge in [0.1, 0.15) is 22.9 Å². The second-order valence-corrected chi connectivity index (χ2v) is 9.63. The summed E-state index contributed by atoms with van der Waals surface area (Å²) in [7, 11) is 4.58. The molecule has 1 aromatic heterocycles. The van der Waals surface area contributed by atoms with Crippen molar-refractivity contribution in [3.05, 3.63) is 69.5 Å². The Bertz CT molecular complexity index is 1340. The van der Waals surface area contributed by atoms with Crippen molar-refractivity contribution < 1.29 is 23.8 Å². The number of rotatable bonds is 8. The molecule has 3 aromatic rings. The Balaban J connectivity index is 1.56. The van der Waals surface area contributed by atoms with Crippen molar-refractivity contribution >= 4 is 69.1 Å². The number of amides is 2. The quantitative estimate of drug-likeness (QED) is 0.375. The average Bonchev–Trinajstić information content (AvgIpc) is 3.50. The molecule has 0 fully saturated rings. The number of amidine groups is 1. The van der Waals surface area contributed by atoms with Crippen LogP contribution in [0.2, 0.25) is 5.02 Å². The van der Waals surface area contributed by atoms with E-state index in [1.54, 1.807) is 49.6 Å². The highest BCUT2D eigenvalue weighted by Gasteiger charge is 2.33. The van der Waals surface area contributed by atoms with E-state index in [4.69, 9.17) is 25.8 Å². The molecule has 1 aliphatic rings. The zero-order chi connectivity index (χ0) is 25.7. The Morgan fingerprint density at radius 2 is 1.92 bits per heavy atom. The van der Waals surface area contributed by atoms with Crippen LogP contribution in [0.5, 0.6) is 17.2 Å². The van der Waals surface area contributed by atoms with Gasteiger partial charge < -0.3 is 19.5 Å². The maximum Gasteiger partial charge on any atom is 0.283 e. The zero-order valence-electron chi connectivity index (χ0n) is 19.6. The molecule has 2 amide bonds. The van der Waals surface area contributed by atoms with Gasteiger partial charge >= 0.3 is 0 Å². The first-order valence-corrected chi connectivity index (χ1v) is 12.8. The second kappa shape index (κ2) is 11.5. The molecule has 0 saturated carbocycles. The fraction of sp³-hybridized carbons (Fsp3) is 0.160. The number of hydrogen-bond donors (Lipinski definition) is 1. The Morgan fingerprint density at radius 1 is 1.11 bits per heavy atom. The van der Waals surface area contributed by atoms with Crippen LogP contribution in [0, 0.1) is 0 Å². The number of halogens is 1. The van der Waals surface area contributed by atoms with Crippen LogP contribution in [-0.2, 0) is 9.59 Å². The number of anilines is 2.